The standard InChI is InChI=1S/C14H19N5O2/c1-17(2)7-10-8-19(9-12(10)20)14-15-6-5-11(16-14)13(21)18(3)4/h5-7H,8-9H2,1-4H3/b10-7-. The summed E-state index contributed by atoms with van der Waals surface area (Å²) < 4.78 is 0. The van der Waals surface area contributed by atoms with E-state index in [1.54, 1.807) is 31.3 Å². The number of ketones is 1. The highest BCUT2D eigenvalue weighted by molar-refractivity contribution is 6.02. The predicted octanol–water partition coefficient (Wildman–Crippen LogP) is 0.0130. The Hall–Kier alpha value is -2.44. The van der Waals surface area contributed by atoms with Gasteiger partial charge < -0.3 is 14.7 Å². The molecule has 1 aromatic rings. The number of hydrogen-bond acceptors (Lipinski definition) is 6. The van der Waals surface area contributed by atoms with Crippen molar-refractivity contribution in [3.05, 3.63) is 29.7 Å². The zero-order valence-corrected chi connectivity index (χ0v) is 12.7. The number of hydrogen-bond donors (Lipinski definition) is 0. The Balaban J connectivity index is 2.22. The Morgan fingerprint density at radius 2 is 2.00 bits per heavy atom. The lowest BCUT2D eigenvalue weighted by molar-refractivity contribution is -0.113. The summed E-state index contributed by atoms with van der Waals surface area (Å²) in [4.78, 5) is 37.3. The van der Waals surface area contributed by atoms with Crippen molar-refractivity contribution in [2.24, 2.45) is 0 Å². The Morgan fingerprint density at radius 1 is 1.29 bits per heavy atom. The van der Waals surface area contributed by atoms with Crippen LogP contribution in [0.5, 0.6) is 0 Å². The van der Waals surface area contributed by atoms with Gasteiger partial charge in [0, 0.05) is 46.2 Å². The van der Waals surface area contributed by atoms with Crippen LogP contribution in [0.1, 0.15) is 10.5 Å². The molecule has 1 aliphatic rings. The minimum absolute atomic E-state index is 0.0524. The first kappa shape index (κ1) is 15.0. The second-order valence-electron chi connectivity index (χ2n) is 5.34. The second-order valence-corrected chi connectivity index (χ2v) is 5.34. The summed E-state index contributed by atoms with van der Waals surface area (Å²) >= 11 is 0. The molecule has 112 valence electrons. The average molecular weight is 289 g/mol. The van der Waals surface area contributed by atoms with Crippen LogP contribution in [0.2, 0.25) is 0 Å². The van der Waals surface area contributed by atoms with Crippen molar-refractivity contribution in [3.63, 3.8) is 0 Å². The minimum Gasteiger partial charge on any atom is -0.383 e. The number of carbonyl (C=O) groups is 2. The van der Waals surface area contributed by atoms with Gasteiger partial charge in [-0.05, 0) is 6.07 Å². The summed E-state index contributed by atoms with van der Waals surface area (Å²) in [7, 11) is 7.08. The SMILES string of the molecule is CN(C)/C=C1/CN(c2nccc(C(=O)N(C)C)n2)CC1=O. The Morgan fingerprint density at radius 3 is 2.62 bits per heavy atom. The van der Waals surface area contributed by atoms with E-state index in [1.165, 1.54) is 11.1 Å². The highest BCUT2D eigenvalue weighted by atomic mass is 16.2. The second kappa shape index (κ2) is 5.90. The fourth-order valence-electron chi connectivity index (χ4n) is 2.04. The van der Waals surface area contributed by atoms with Gasteiger partial charge in [0.05, 0.1) is 13.1 Å². The monoisotopic (exact) mass is 289 g/mol. The first-order chi connectivity index (χ1) is 9.88. The third kappa shape index (κ3) is 3.36. The van der Waals surface area contributed by atoms with Crippen LogP contribution in [0.15, 0.2) is 24.0 Å². The van der Waals surface area contributed by atoms with Gasteiger partial charge in [0.2, 0.25) is 5.95 Å². The normalized spacial score (nSPS) is 16.5. The van der Waals surface area contributed by atoms with E-state index in [4.69, 9.17) is 0 Å². The van der Waals surface area contributed by atoms with Crippen molar-refractivity contribution in [1.82, 2.24) is 19.8 Å². The fourth-order valence-corrected chi connectivity index (χ4v) is 2.04. The van der Waals surface area contributed by atoms with Crippen molar-refractivity contribution >= 4 is 17.6 Å². The van der Waals surface area contributed by atoms with Crippen LogP contribution in [0, 0.1) is 0 Å². The molecule has 1 aliphatic heterocycles. The largest absolute Gasteiger partial charge is 0.383 e. The number of nitrogens with zero attached hydrogens (tertiary/aromatic N) is 5. The molecule has 0 aliphatic carbocycles. The minimum atomic E-state index is -0.187. The number of carbonyl (C=O) groups excluding carboxylic acids is 2. The van der Waals surface area contributed by atoms with E-state index in [0.717, 1.165) is 0 Å². The van der Waals surface area contributed by atoms with Gasteiger partial charge in [-0.3, -0.25) is 9.59 Å². The van der Waals surface area contributed by atoms with Gasteiger partial charge in [-0.1, -0.05) is 0 Å². The molecule has 7 heteroatoms. The average Bonchev–Trinajstić information content (AvgIpc) is 2.78. The van der Waals surface area contributed by atoms with E-state index in [0.29, 0.717) is 23.8 Å². The first-order valence-corrected chi connectivity index (χ1v) is 6.58. The Labute approximate surface area is 123 Å². The number of Topliss-reactive ketones (excluding diaryl/α,β-unsaturated/α-hetero) is 1. The van der Waals surface area contributed by atoms with Crippen molar-refractivity contribution in [2.75, 3.05) is 46.2 Å². The summed E-state index contributed by atoms with van der Waals surface area (Å²) in [6, 6.07) is 1.57. The van der Waals surface area contributed by atoms with Gasteiger partial charge in [0.1, 0.15) is 5.69 Å². The maximum atomic E-state index is 12.0. The molecule has 7 nitrogen and oxygen atoms in total. The van der Waals surface area contributed by atoms with Crippen LogP contribution in [0.3, 0.4) is 0 Å². The topological polar surface area (TPSA) is 69.6 Å². The van der Waals surface area contributed by atoms with E-state index in [9.17, 15) is 9.59 Å². The van der Waals surface area contributed by atoms with Crippen molar-refractivity contribution in [1.29, 1.82) is 0 Å². The molecule has 1 aromatic heterocycles. The summed E-state index contributed by atoms with van der Waals surface area (Å²) in [5.41, 5.74) is 1.04. The van der Waals surface area contributed by atoms with Crippen molar-refractivity contribution in [2.45, 2.75) is 0 Å². The van der Waals surface area contributed by atoms with Crippen LogP contribution in [-0.4, -0.2) is 72.7 Å². The molecule has 1 fully saturated rings. The van der Waals surface area contributed by atoms with Crippen LogP contribution in [0.25, 0.3) is 0 Å². The van der Waals surface area contributed by atoms with Gasteiger partial charge in [0.25, 0.3) is 5.91 Å². The van der Waals surface area contributed by atoms with Crippen LogP contribution in [-0.2, 0) is 4.79 Å². The molecular weight excluding hydrogens is 270 g/mol. The molecule has 0 N–H and O–H groups in total. The Kier molecular flexibility index (Phi) is 4.21. The van der Waals surface area contributed by atoms with Crippen LogP contribution in [0.4, 0.5) is 5.95 Å². The zero-order valence-electron chi connectivity index (χ0n) is 12.7. The molecule has 2 heterocycles. The van der Waals surface area contributed by atoms with Gasteiger partial charge >= 0.3 is 0 Å². The third-order valence-corrected chi connectivity index (χ3v) is 3.02. The smallest absolute Gasteiger partial charge is 0.272 e. The summed E-state index contributed by atoms with van der Waals surface area (Å²) in [5.74, 6) is 0.267. The molecule has 0 unspecified atom stereocenters. The van der Waals surface area contributed by atoms with Gasteiger partial charge in [-0.15, -0.1) is 0 Å². The van der Waals surface area contributed by atoms with E-state index >= 15 is 0 Å². The molecule has 0 spiro atoms. The lowest BCUT2D eigenvalue weighted by atomic mass is 10.2. The van der Waals surface area contributed by atoms with E-state index in [2.05, 4.69) is 9.97 Å². The van der Waals surface area contributed by atoms with Gasteiger partial charge in [0.15, 0.2) is 5.78 Å². The van der Waals surface area contributed by atoms with Gasteiger partial charge in [-0.25, -0.2) is 9.97 Å². The Bertz CT molecular complexity index is 595. The molecule has 1 saturated heterocycles. The van der Waals surface area contributed by atoms with E-state index in [-0.39, 0.29) is 18.2 Å². The molecule has 0 bridgehead atoms. The predicted molar refractivity (Wildman–Crippen MR) is 79.0 cm³/mol. The fraction of sp³-hybridized carbons (Fsp3) is 0.429. The summed E-state index contributed by atoms with van der Waals surface area (Å²) in [5, 5.41) is 0. The third-order valence-electron chi connectivity index (χ3n) is 3.02. The molecule has 2 rings (SSSR count). The lowest BCUT2D eigenvalue weighted by Gasteiger charge is -2.15. The zero-order chi connectivity index (χ0) is 15.6. The van der Waals surface area contributed by atoms with Crippen LogP contribution < -0.4 is 4.90 Å². The van der Waals surface area contributed by atoms with E-state index in [1.807, 2.05) is 19.0 Å². The quantitative estimate of drug-likeness (QED) is 0.730. The molecule has 1 amide bonds. The summed E-state index contributed by atoms with van der Waals surface area (Å²) in [6.45, 7) is 0.690. The molecule has 0 atom stereocenters. The van der Waals surface area contributed by atoms with Crippen molar-refractivity contribution < 1.29 is 9.59 Å². The van der Waals surface area contributed by atoms with Crippen LogP contribution >= 0.6 is 0 Å². The van der Waals surface area contributed by atoms with Gasteiger partial charge in [-0.2, -0.15) is 0 Å². The van der Waals surface area contributed by atoms with E-state index < -0.39 is 0 Å². The lowest BCUT2D eigenvalue weighted by Crippen LogP contribution is -2.26. The molecular formula is C14H19N5O2. The molecule has 0 saturated carbocycles. The highest BCUT2D eigenvalue weighted by Crippen LogP contribution is 2.18. The molecule has 21 heavy (non-hydrogen) atoms. The number of amides is 1. The summed E-state index contributed by atoms with van der Waals surface area (Å²) in [6.07, 6.45) is 3.34. The maximum Gasteiger partial charge on any atom is 0.272 e. The number of anilines is 1. The maximum absolute atomic E-state index is 12.0. The number of aromatic nitrogens is 2. The molecule has 0 radical (unpaired) electrons. The molecule has 0 aromatic carbocycles. The van der Waals surface area contributed by atoms with Crippen molar-refractivity contribution in [3.8, 4) is 0 Å². The number of rotatable bonds is 3. The highest BCUT2D eigenvalue weighted by Gasteiger charge is 2.27. The first-order valence-electron chi connectivity index (χ1n) is 6.58.